The number of ether oxygens (including phenoxy) is 2. The number of hydrogen-bond donors (Lipinski definition) is 1. The lowest BCUT2D eigenvalue weighted by molar-refractivity contribution is 0.338. The zero-order valence-corrected chi connectivity index (χ0v) is 16.1. The van der Waals surface area contributed by atoms with Gasteiger partial charge in [-0.25, -0.2) is 20.8 Å². The third-order valence-electron chi connectivity index (χ3n) is 4.71. The molecular formula is C21H24N4O2. The SMILES string of the molecule is Cc1ccc2c(c1)OCC(N(N)C1=Nc3cc(C(C)(C)C)ccc3OC1)=N2. The van der Waals surface area contributed by atoms with Gasteiger partial charge < -0.3 is 9.47 Å². The zero-order valence-electron chi connectivity index (χ0n) is 16.1. The van der Waals surface area contributed by atoms with Crippen LogP contribution in [0.2, 0.25) is 0 Å². The predicted octanol–water partition coefficient (Wildman–Crippen LogP) is 4.01. The van der Waals surface area contributed by atoms with Crippen molar-refractivity contribution in [3.05, 3.63) is 47.5 Å². The first-order valence-electron chi connectivity index (χ1n) is 9.02. The molecule has 0 aliphatic carbocycles. The molecule has 0 bridgehead atoms. The van der Waals surface area contributed by atoms with Crippen molar-refractivity contribution in [1.82, 2.24) is 5.01 Å². The molecule has 2 aliphatic heterocycles. The Hall–Kier alpha value is -2.86. The Bertz CT molecular complexity index is 957. The predicted molar refractivity (Wildman–Crippen MR) is 108 cm³/mol. The van der Waals surface area contributed by atoms with Crippen LogP contribution in [-0.4, -0.2) is 29.9 Å². The van der Waals surface area contributed by atoms with Crippen LogP contribution in [0.25, 0.3) is 0 Å². The molecule has 2 N–H and O–H groups in total. The highest BCUT2D eigenvalue weighted by molar-refractivity contribution is 6.04. The molecule has 4 rings (SSSR count). The minimum absolute atomic E-state index is 0.0354. The molecule has 27 heavy (non-hydrogen) atoms. The monoisotopic (exact) mass is 364 g/mol. The number of benzene rings is 2. The molecule has 0 aromatic heterocycles. The first-order valence-corrected chi connectivity index (χ1v) is 9.02. The van der Waals surface area contributed by atoms with Crippen molar-refractivity contribution in [1.29, 1.82) is 0 Å². The minimum atomic E-state index is 0.0354. The fourth-order valence-corrected chi connectivity index (χ4v) is 3.05. The third kappa shape index (κ3) is 3.40. The van der Waals surface area contributed by atoms with Crippen LogP contribution in [0.1, 0.15) is 31.9 Å². The number of aliphatic imine (C=N–C) groups is 2. The fourth-order valence-electron chi connectivity index (χ4n) is 3.05. The number of nitrogens with zero attached hydrogens (tertiary/aromatic N) is 3. The molecule has 0 atom stereocenters. The van der Waals surface area contributed by atoms with Gasteiger partial charge in [0.2, 0.25) is 0 Å². The fraction of sp³-hybridized carbons (Fsp3) is 0.333. The smallest absolute Gasteiger partial charge is 0.163 e. The Balaban J connectivity index is 1.64. The van der Waals surface area contributed by atoms with Crippen LogP contribution in [-0.2, 0) is 5.41 Å². The lowest BCUT2D eigenvalue weighted by atomic mass is 9.87. The van der Waals surface area contributed by atoms with Crippen molar-refractivity contribution in [2.24, 2.45) is 15.8 Å². The van der Waals surface area contributed by atoms with Gasteiger partial charge in [0.25, 0.3) is 0 Å². The van der Waals surface area contributed by atoms with E-state index in [1.54, 1.807) is 0 Å². The largest absolute Gasteiger partial charge is 0.483 e. The van der Waals surface area contributed by atoms with Gasteiger partial charge in [0, 0.05) is 0 Å². The van der Waals surface area contributed by atoms with Crippen LogP contribution in [0, 0.1) is 6.92 Å². The normalized spacial score (nSPS) is 15.6. The van der Waals surface area contributed by atoms with Gasteiger partial charge in [-0.3, -0.25) is 0 Å². The molecule has 2 aliphatic rings. The molecule has 6 heteroatoms. The van der Waals surface area contributed by atoms with Crippen molar-refractivity contribution in [3.8, 4) is 11.5 Å². The summed E-state index contributed by atoms with van der Waals surface area (Å²) >= 11 is 0. The average Bonchev–Trinajstić information content (AvgIpc) is 2.65. The van der Waals surface area contributed by atoms with E-state index in [0.29, 0.717) is 18.3 Å². The first-order chi connectivity index (χ1) is 12.8. The van der Waals surface area contributed by atoms with Gasteiger partial charge in [0.1, 0.15) is 36.1 Å². The van der Waals surface area contributed by atoms with Crippen LogP contribution < -0.4 is 15.3 Å². The van der Waals surface area contributed by atoms with Crippen molar-refractivity contribution in [3.63, 3.8) is 0 Å². The number of aryl methyl sites for hydroxylation is 1. The second-order valence-electron chi connectivity index (χ2n) is 7.91. The van der Waals surface area contributed by atoms with Gasteiger partial charge in [-0.05, 0) is 47.7 Å². The average molecular weight is 364 g/mol. The molecule has 2 aromatic rings. The lowest BCUT2D eigenvalue weighted by Gasteiger charge is -2.28. The maximum absolute atomic E-state index is 6.30. The van der Waals surface area contributed by atoms with E-state index in [4.69, 9.17) is 20.3 Å². The van der Waals surface area contributed by atoms with Gasteiger partial charge in [-0.1, -0.05) is 32.9 Å². The summed E-state index contributed by atoms with van der Waals surface area (Å²) in [6.45, 7) is 9.12. The van der Waals surface area contributed by atoms with E-state index in [2.05, 4.69) is 37.9 Å². The highest BCUT2D eigenvalue weighted by Crippen LogP contribution is 2.36. The molecule has 0 radical (unpaired) electrons. The number of fused-ring (bicyclic) bond motifs is 2. The van der Waals surface area contributed by atoms with E-state index in [-0.39, 0.29) is 12.0 Å². The highest BCUT2D eigenvalue weighted by Gasteiger charge is 2.24. The zero-order chi connectivity index (χ0) is 19.2. The lowest BCUT2D eigenvalue weighted by Crippen LogP contribution is -2.48. The van der Waals surface area contributed by atoms with Crippen LogP contribution in [0.3, 0.4) is 0 Å². The van der Waals surface area contributed by atoms with Crippen molar-refractivity contribution >= 4 is 23.0 Å². The van der Waals surface area contributed by atoms with Crippen molar-refractivity contribution < 1.29 is 9.47 Å². The summed E-state index contributed by atoms with van der Waals surface area (Å²) in [5.41, 5.74) is 3.92. The summed E-state index contributed by atoms with van der Waals surface area (Å²) in [7, 11) is 0. The van der Waals surface area contributed by atoms with Crippen LogP contribution in [0.4, 0.5) is 11.4 Å². The second kappa shape index (κ2) is 6.39. The van der Waals surface area contributed by atoms with Gasteiger partial charge >= 0.3 is 0 Å². The summed E-state index contributed by atoms with van der Waals surface area (Å²) in [5.74, 6) is 9.05. The standard InChI is InChI=1S/C21H24N4O2/c1-13-5-7-15-18(9-13)27-12-19(23-15)25(22)20-11-26-17-8-6-14(21(2,3)4)10-16(17)24-20/h5-10H,11-12,22H2,1-4H3. The quantitative estimate of drug-likeness (QED) is 0.566. The first kappa shape index (κ1) is 17.5. The Labute approximate surface area is 159 Å². The van der Waals surface area contributed by atoms with Gasteiger partial charge in [-0.2, -0.15) is 0 Å². The van der Waals surface area contributed by atoms with Gasteiger partial charge in [-0.15, -0.1) is 0 Å². The van der Waals surface area contributed by atoms with Crippen LogP contribution in [0.15, 0.2) is 46.4 Å². The van der Waals surface area contributed by atoms with Crippen molar-refractivity contribution in [2.45, 2.75) is 33.1 Å². The van der Waals surface area contributed by atoms with E-state index in [1.807, 2.05) is 31.2 Å². The molecule has 0 unspecified atom stereocenters. The molecule has 0 spiro atoms. The van der Waals surface area contributed by atoms with Crippen LogP contribution >= 0.6 is 0 Å². The summed E-state index contributed by atoms with van der Waals surface area (Å²) in [6, 6.07) is 12.0. The number of hydrazine groups is 1. The van der Waals surface area contributed by atoms with Gasteiger partial charge in [0.15, 0.2) is 11.7 Å². The Morgan fingerprint density at radius 3 is 2.26 bits per heavy atom. The summed E-state index contributed by atoms with van der Waals surface area (Å²) in [6.07, 6.45) is 0. The summed E-state index contributed by atoms with van der Waals surface area (Å²) < 4.78 is 11.7. The van der Waals surface area contributed by atoms with E-state index < -0.39 is 0 Å². The van der Waals surface area contributed by atoms with E-state index in [9.17, 15) is 0 Å². The maximum Gasteiger partial charge on any atom is 0.163 e. The molecule has 0 saturated carbocycles. The molecule has 6 nitrogen and oxygen atoms in total. The molecule has 0 amide bonds. The molecular weight excluding hydrogens is 340 g/mol. The van der Waals surface area contributed by atoms with E-state index in [1.165, 1.54) is 10.6 Å². The van der Waals surface area contributed by atoms with E-state index >= 15 is 0 Å². The maximum atomic E-state index is 6.30. The topological polar surface area (TPSA) is 72.4 Å². The number of rotatable bonds is 0. The Morgan fingerprint density at radius 1 is 0.889 bits per heavy atom. The minimum Gasteiger partial charge on any atom is -0.483 e. The Morgan fingerprint density at radius 2 is 1.56 bits per heavy atom. The van der Waals surface area contributed by atoms with Crippen molar-refractivity contribution in [2.75, 3.05) is 13.2 Å². The molecule has 2 heterocycles. The number of amidine groups is 2. The number of hydrogen-bond acceptors (Lipinski definition) is 6. The number of nitrogens with two attached hydrogens (primary N) is 1. The third-order valence-corrected chi connectivity index (χ3v) is 4.71. The van der Waals surface area contributed by atoms with Gasteiger partial charge in [0.05, 0.1) is 0 Å². The second-order valence-corrected chi connectivity index (χ2v) is 7.91. The molecule has 0 fully saturated rings. The molecule has 2 aromatic carbocycles. The Kier molecular flexibility index (Phi) is 4.15. The summed E-state index contributed by atoms with van der Waals surface area (Å²) in [5, 5.41) is 1.47. The summed E-state index contributed by atoms with van der Waals surface area (Å²) in [4.78, 5) is 9.35. The molecule has 140 valence electrons. The highest BCUT2D eigenvalue weighted by atomic mass is 16.5. The van der Waals surface area contributed by atoms with Crippen LogP contribution in [0.5, 0.6) is 11.5 Å². The molecule has 0 saturated heterocycles. The van der Waals surface area contributed by atoms with E-state index in [0.717, 1.165) is 28.4 Å².